The van der Waals surface area contributed by atoms with Crippen molar-refractivity contribution in [1.29, 1.82) is 0 Å². The summed E-state index contributed by atoms with van der Waals surface area (Å²) in [5.74, 6) is 1.57. The van der Waals surface area contributed by atoms with Gasteiger partial charge in [-0.3, -0.25) is 0 Å². The average molecular weight is 219 g/mol. The molecule has 0 aromatic rings. The van der Waals surface area contributed by atoms with Gasteiger partial charge < -0.3 is 5.32 Å². The Morgan fingerprint density at radius 3 is 2.88 bits per heavy atom. The first-order chi connectivity index (χ1) is 7.81. The Morgan fingerprint density at radius 1 is 1.44 bits per heavy atom. The molecular formula is C15H25N. The summed E-state index contributed by atoms with van der Waals surface area (Å²) in [5.41, 5.74) is 1.42. The van der Waals surface area contributed by atoms with Crippen LogP contribution in [-0.2, 0) is 0 Å². The van der Waals surface area contributed by atoms with Crippen LogP contribution in [0.1, 0.15) is 32.6 Å². The van der Waals surface area contributed by atoms with Crippen LogP contribution in [0.2, 0.25) is 0 Å². The molecule has 1 aliphatic carbocycles. The smallest absolute Gasteiger partial charge is 0.00233 e. The van der Waals surface area contributed by atoms with Crippen LogP contribution in [-0.4, -0.2) is 13.6 Å². The highest BCUT2D eigenvalue weighted by molar-refractivity contribution is 5.25. The monoisotopic (exact) mass is 219 g/mol. The quantitative estimate of drug-likeness (QED) is 0.695. The molecule has 1 heteroatoms. The third kappa shape index (κ3) is 3.97. The van der Waals surface area contributed by atoms with Crippen LogP contribution in [0.4, 0.5) is 0 Å². The molecule has 1 rings (SSSR count). The van der Waals surface area contributed by atoms with E-state index in [0.717, 1.165) is 18.4 Å². The van der Waals surface area contributed by atoms with Crippen molar-refractivity contribution in [3.05, 3.63) is 36.5 Å². The molecule has 0 saturated heterocycles. The second kappa shape index (κ2) is 7.45. The van der Waals surface area contributed by atoms with Crippen molar-refractivity contribution < 1.29 is 0 Å². The summed E-state index contributed by atoms with van der Waals surface area (Å²) in [5, 5.41) is 3.30. The Morgan fingerprint density at radius 2 is 2.25 bits per heavy atom. The van der Waals surface area contributed by atoms with Crippen LogP contribution in [0.5, 0.6) is 0 Å². The molecular weight excluding hydrogens is 194 g/mol. The van der Waals surface area contributed by atoms with Gasteiger partial charge in [-0.15, -0.1) is 0 Å². The minimum atomic E-state index is 0.723. The van der Waals surface area contributed by atoms with Crippen LogP contribution >= 0.6 is 0 Å². The van der Waals surface area contributed by atoms with E-state index in [-0.39, 0.29) is 0 Å². The first-order valence-corrected chi connectivity index (χ1v) is 6.41. The molecule has 0 aromatic heterocycles. The maximum atomic E-state index is 3.94. The molecule has 16 heavy (non-hydrogen) atoms. The van der Waals surface area contributed by atoms with E-state index in [4.69, 9.17) is 0 Å². The van der Waals surface area contributed by atoms with Gasteiger partial charge in [0.05, 0.1) is 0 Å². The minimum absolute atomic E-state index is 0.723. The summed E-state index contributed by atoms with van der Waals surface area (Å²) in [7, 11) is 2.05. The lowest BCUT2D eigenvalue weighted by Crippen LogP contribution is -2.25. The fourth-order valence-electron chi connectivity index (χ4n) is 2.65. The molecule has 1 aliphatic rings. The lowest BCUT2D eigenvalue weighted by atomic mass is 9.77. The van der Waals surface area contributed by atoms with Crippen LogP contribution < -0.4 is 5.32 Å². The topological polar surface area (TPSA) is 12.0 Å². The van der Waals surface area contributed by atoms with Gasteiger partial charge >= 0.3 is 0 Å². The molecule has 0 radical (unpaired) electrons. The van der Waals surface area contributed by atoms with E-state index in [2.05, 4.69) is 37.0 Å². The number of allylic oxidation sites excluding steroid dienone is 5. The third-order valence-corrected chi connectivity index (χ3v) is 3.46. The van der Waals surface area contributed by atoms with E-state index in [0.29, 0.717) is 0 Å². The number of nitrogens with one attached hydrogen (secondary N) is 1. The molecule has 90 valence electrons. The van der Waals surface area contributed by atoms with Crippen LogP contribution in [0.3, 0.4) is 0 Å². The Bertz CT molecular complexity index is 261. The van der Waals surface area contributed by atoms with E-state index in [1.54, 1.807) is 0 Å². The van der Waals surface area contributed by atoms with E-state index in [1.165, 1.54) is 31.3 Å². The molecule has 2 atom stereocenters. The summed E-state index contributed by atoms with van der Waals surface area (Å²) in [6.45, 7) is 7.16. The number of rotatable bonds is 5. The SMILES string of the molecule is C=C/C(=C\C=C/C)C1CCC[C@H](CNC)C1. The summed E-state index contributed by atoms with van der Waals surface area (Å²) in [6, 6.07) is 0. The normalized spacial score (nSPS) is 27.2. The predicted molar refractivity (Wildman–Crippen MR) is 72.5 cm³/mol. The zero-order valence-corrected chi connectivity index (χ0v) is 10.7. The highest BCUT2D eigenvalue weighted by Crippen LogP contribution is 2.33. The second-order valence-corrected chi connectivity index (χ2v) is 4.68. The van der Waals surface area contributed by atoms with Crippen molar-refractivity contribution >= 4 is 0 Å². The largest absolute Gasteiger partial charge is 0.319 e. The minimum Gasteiger partial charge on any atom is -0.319 e. The molecule has 1 unspecified atom stereocenters. The highest BCUT2D eigenvalue weighted by atomic mass is 14.8. The van der Waals surface area contributed by atoms with Crippen LogP contribution in [0.25, 0.3) is 0 Å². The van der Waals surface area contributed by atoms with E-state index < -0.39 is 0 Å². The van der Waals surface area contributed by atoms with E-state index in [1.807, 2.05) is 13.1 Å². The Labute approximate surface area is 100 Å². The lowest BCUT2D eigenvalue weighted by molar-refractivity contribution is 0.293. The maximum Gasteiger partial charge on any atom is -0.00233 e. The van der Waals surface area contributed by atoms with Gasteiger partial charge in [0.25, 0.3) is 0 Å². The van der Waals surface area contributed by atoms with Gasteiger partial charge in [-0.1, -0.05) is 37.3 Å². The Hall–Kier alpha value is -0.820. The summed E-state index contributed by atoms with van der Waals surface area (Å²) in [6.07, 6.45) is 13.8. The van der Waals surface area contributed by atoms with Crippen molar-refractivity contribution in [2.75, 3.05) is 13.6 Å². The predicted octanol–water partition coefficient (Wildman–Crippen LogP) is 3.70. The first kappa shape index (κ1) is 13.2. The Kier molecular flexibility index (Phi) is 6.17. The van der Waals surface area contributed by atoms with Crippen molar-refractivity contribution in [2.45, 2.75) is 32.6 Å². The fraction of sp³-hybridized carbons (Fsp3) is 0.600. The lowest BCUT2D eigenvalue weighted by Gasteiger charge is -2.29. The molecule has 0 aromatic carbocycles. The van der Waals surface area contributed by atoms with Gasteiger partial charge in [-0.05, 0) is 57.2 Å². The maximum absolute atomic E-state index is 3.94. The third-order valence-electron chi connectivity index (χ3n) is 3.46. The zero-order chi connectivity index (χ0) is 11.8. The molecule has 1 saturated carbocycles. The van der Waals surface area contributed by atoms with E-state index >= 15 is 0 Å². The molecule has 0 bridgehead atoms. The standard InChI is InChI=1S/C15H25N/c1-4-6-9-14(5-2)15-10-7-8-13(11-15)12-16-3/h4-6,9,13,15-16H,2,7-8,10-12H2,1,3H3/b6-4-,14-9+/t13-,15?/m0/s1. The van der Waals surface area contributed by atoms with E-state index in [9.17, 15) is 0 Å². The molecule has 1 N–H and O–H groups in total. The fourth-order valence-corrected chi connectivity index (χ4v) is 2.65. The van der Waals surface area contributed by atoms with Crippen molar-refractivity contribution in [2.24, 2.45) is 11.8 Å². The van der Waals surface area contributed by atoms with Gasteiger partial charge in [-0.2, -0.15) is 0 Å². The van der Waals surface area contributed by atoms with Crippen molar-refractivity contribution in [3.8, 4) is 0 Å². The van der Waals surface area contributed by atoms with Crippen LogP contribution in [0, 0.1) is 11.8 Å². The summed E-state index contributed by atoms with van der Waals surface area (Å²) < 4.78 is 0. The number of hydrogen-bond donors (Lipinski definition) is 1. The van der Waals surface area contributed by atoms with Gasteiger partial charge in [0.15, 0.2) is 0 Å². The zero-order valence-electron chi connectivity index (χ0n) is 10.7. The molecule has 1 nitrogen and oxygen atoms in total. The Balaban J connectivity index is 2.60. The van der Waals surface area contributed by atoms with Crippen molar-refractivity contribution in [1.82, 2.24) is 5.32 Å². The van der Waals surface area contributed by atoms with Gasteiger partial charge in [0.1, 0.15) is 0 Å². The molecule has 0 amide bonds. The molecule has 0 aliphatic heterocycles. The van der Waals surface area contributed by atoms with Gasteiger partial charge in [-0.25, -0.2) is 0 Å². The van der Waals surface area contributed by atoms with Gasteiger partial charge in [0.2, 0.25) is 0 Å². The molecule has 0 spiro atoms. The summed E-state index contributed by atoms with van der Waals surface area (Å²) in [4.78, 5) is 0. The highest BCUT2D eigenvalue weighted by Gasteiger charge is 2.22. The number of hydrogen-bond acceptors (Lipinski definition) is 1. The molecule has 0 heterocycles. The average Bonchev–Trinajstić information content (AvgIpc) is 2.31. The van der Waals surface area contributed by atoms with Gasteiger partial charge in [0, 0.05) is 0 Å². The second-order valence-electron chi connectivity index (χ2n) is 4.68. The van der Waals surface area contributed by atoms with Crippen LogP contribution in [0.15, 0.2) is 36.5 Å². The molecule has 1 fully saturated rings. The van der Waals surface area contributed by atoms with Crippen molar-refractivity contribution in [3.63, 3.8) is 0 Å². The first-order valence-electron chi connectivity index (χ1n) is 6.41. The summed E-state index contributed by atoms with van der Waals surface area (Å²) >= 11 is 0.